The van der Waals surface area contributed by atoms with E-state index in [1.807, 2.05) is 48.5 Å². The Morgan fingerprint density at radius 1 is 0.871 bits per heavy atom. The molecule has 1 aromatic heterocycles. The minimum Gasteiger partial charge on any atom is -0.468 e. The van der Waals surface area contributed by atoms with Crippen molar-refractivity contribution in [3.63, 3.8) is 0 Å². The van der Waals surface area contributed by atoms with Crippen LogP contribution in [0, 0.1) is 0 Å². The molecule has 31 heavy (non-hydrogen) atoms. The monoisotopic (exact) mass is 438 g/mol. The maximum Gasteiger partial charge on any atom is 0.319 e. The zero-order chi connectivity index (χ0) is 21.5. The van der Waals surface area contributed by atoms with Crippen LogP contribution in [0.5, 0.6) is 0 Å². The summed E-state index contributed by atoms with van der Waals surface area (Å²) < 4.78 is 5.44. The van der Waals surface area contributed by atoms with Gasteiger partial charge in [-0.15, -0.1) is 0 Å². The van der Waals surface area contributed by atoms with Gasteiger partial charge in [-0.3, -0.25) is 9.80 Å². The summed E-state index contributed by atoms with van der Waals surface area (Å²) in [4.78, 5) is 17.0. The fraction of sp³-hybridized carbons (Fsp3) is 0.292. The Balaban J connectivity index is 1.18. The number of piperazine rings is 1. The number of hydrogen-bond acceptors (Lipinski definition) is 4. The third-order valence-electron chi connectivity index (χ3n) is 5.41. The van der Waals surface area contributed by atoms with E-state index in [0.29, 0.717) is 11.6 Å². The topological polar surface area (TPSA) is 60.8 Å². The van der Waals surface area contributed by atoms with Gasteiger partial charge in [0.1, 0.15) is 5.76 Å². The zero-order valence-corrected chi connectivity index (χ0v) is 18.1. The lowest BCUT2D eigenvalue weighted by Gasteiger charge is -2.34. The van der Waals surface area contributed by atoms with Crippen molar-refractivity contribution in [3.8, 4) is 0 Å². The van der Waals surface area contributed by atoms with Crippen LogP contribution in [-0.4, -0.2) is 42.0 Å². The number of halogens is 1. The fourth-order valence-electron chi connectivity index (χ4n) is 3.64. The Bertz CT molecular complexity index is 950. The zero-order valence-electron chi connectivity index (χ0n) is 17.4. The molecule has 6 nitrogen and oxygen atoms in total. The highest BCUT2D eigenvalue weighted by Crippen LogP contribution is 2.15. The number of amides is 2. The van der Waals surface area contributed by atoms with Crippen LogP contribution in [0.3, 0.4) is 0 Å². The second kappa shape index (κ2) is 10.5. The first-order chi connectivity index (χ1) is 15.1. The van der Waals surface area contributed by atoms with Crippen LogP contribution in [0.2, 0.25) is 5.02 Å². The average Bonchev–Trinajstić information content (AvgIpc) is 3.29. The van der Waals surface area contributed by atoms with Gasteiger partial charge in [0.2, 0.25) is 0 Å². The summed E-state index contributed by atoms with van der Waals surface area (Å²) in [5.74, 6) is 1.02. The molecule has 7 heteroatoms. The van der Waals surface area contributed by atoms with Gasteiger partial charge in [0.15, 0.2) is 0 Å². The van der Waals surface area contributed by atoms with E-state index in [1.165, 1.54) is 5.56 Å². The molecule has 0 unspecified atom stereocenters. The molecule has 2 heterocycles. The first kappa shape index (κ1) is 21.4. The maximum atomic E-state index is 12.1. The van der Waals surface area contributed by atoms with E-state index >= 15 is 0 Å². The Morgan fingerprint density at radius 2 is 1.52 bits per heavy atom. The minimum absolute atomic E-state index is 0.227. The molecular formula is C24H27ClN4O2. The Labute approximate surface area is 187 Å². The number of anilines is 1. The smallest absolute Gasteiger partial charge is 0.319 e. The highest BCUT2D eigenvalue weighted by atomic mass is 35.5. The molecule has 2 N–H and O–H groups in total. The van der Waals surface area contributed by atoms with E-state index in [4.69, 9.17) is 16.0 Å². The number of nitrogens with one attached hydrogen (secondary N) is 2. The van der Waals surface area contributed by atoms with Gasteiger partial charge in [-0.05, 0) is 47.5 Å². The minimum atomic E-state index is -0.227. The number of carbonyl (C=O) groups excluding carboxylic acids is 1. The van der Waals surface area contributed by atoms with Gasteiger partial charge in [-0.25, -0.2) is 4.79 Å². The molecule has 2 amide bonds. The number of benzene rings is 2. The van der Waals surface area contributed by atoms with E-state index in [0.717, 1.165) is 56.3 Å². The van der Waals surface area contributed by atoms with Gasteiger partial charge < -0.3 is 15.1 Å². The number of furan rings is 1. The summed E-state index contributed by atoms with van der Waals surface area (Å²) in [6.45, 7) is 6.38. The SMILES string of the molecule is O=C(NCc1ccc(Cl)cc1)Nc1ccc(CN2CCN(Cc3ccco3)CC2)cc1. The molecule has 0 bridgehead atoms. The molecule has 0 radical (unpaired) electrons. The van der Waals surface area contributed by atoms with Gasteiger partial charge >= 0.3 is 6.03 Å². The third-order valence-corrected chi connectivity index (χ3v) is 5.66. The van der Waals surface area contributed by atoms with Crippen molar-refractivity contribution in [2.24, 2.45) is 0 Å². The van der Waals surface area contributed by atoms with Crippen molar-refractivity contribution in [1.29, 1.82) is 0 Å². The highest BCUT2D eigenvalue weighted by molar-refractivity contribution is 6.30. The summed E-state index contributed by atoms with van der Waals surface area (Å²) in [7, 11) is 0. The predicted octanol–water partition coefficient (Wildman–Crippen LogP) is 4.57. The van der Waals surface area contributed by atoms with Gasteiger partial charge in [-0.1, -0.05) is 35.9 Å². The van der Waals surface area contributed by atoms with Crippen LogP contribution in [0.15, 0.2) is 71.3 Å². The molecule has 162 valence electrons. The Hall–Kier alpha value is -2.80. The summed E-state index contributed by atoms with van der Waals surface area (Å²) in [6, 6.07) is 19.2. The van der Waals surface area contributed by atoms with Crippen LogP contribution in [0.1, 0.15) is 16.9 Å². The highest BCUT2D eigenvalue weighted by Gasteiger charge is 2.17. The number of carbonyl (C=O) groups is 1. The molecule has 3 aromatic rings. The second-order valence-electron chi connectivity index (χ2n) is 7.76. The fourth-order valence-corrected chi connectivity index (χ4v) is 3.77. The van der Waals surface area contributed by atoms with E-state index in [2.05, 4.69) is 32.6 Å². The number of nitrogens with zero attached hydrogens (tertiary/aromatic N) is 2. The molecule has 1 aliphatic heterocycles. The first-order valence-corrected chi connectivity index (χ1v) is 10.9. The van der Waals surface area contributed by atoms with E-state index in [-0.39, 0.29) is 6.03 Å². The van der Waals surface area contributed by atoms with Crippen molar-refractivity contribution in [2.45, 2.75) is 19.6 Å². The first-order valence-electron chi connectivity index (χ1n) is 10.5. The van der Waals surface area contributed by atoms with Gasteiger partial charge in [0.05, 0.1) is 12.8 Å². The molecule has 1 saturated heterocycles. The average molecular weight is 439 g/mol. The summed E-state index contributed by atoms with van der Waals surface area (Å²) in [5, 5.41) is 6.41. The van der Waals surface area contributed by atoms with Crippen LogP contribution in [0.4, 0.5) is 10.5 Å². The van der Waals surface area contributed by atoms with Crippen molar-refractivity contribution in [3.05, 3.63) is 88.8 Å². The van der Waals surface area contributed by atoms with Crippen LogP contribution in [0.25, 0.3) is 0 Å². The van der Waals surface area contributed by atoms with Crippen LogP contribution < -0.4 is 10.6 Å². The molecule has 1 fully saturated rings. The van der Waals surface area contributed by atoms with Crippen LogP contribution >= 0.6 is 11.6 Å². The molecule has 4 rings (SSSR count). The lowest BCUT2D eigenvalue weighted by Crippen LogP contribution is -2.45. The molecule has 0 spiro atoms. The Kier molecular flexibility index (Phi) is 7.25. The number of hydrogen-bond donors (Lipinski definition) is 2. The summed E-state index contributed by atoms with van der Waals surface area (Å²) in [5.41, 5.74) is 3.02. The lowest BCUT2D eigenvalue weighted by atomic mass is 10.1. The lowest BCUT2D eigenvalue weighted by molar-refractivity contribution is 0.116. The third kappa shape index (κ3) is 6.59. The van der Waals surface area contributed by atoms with E-state index in [9.17, 15) is 4.79 Å². The number of rotatable bonds is 7. The van der Waals surface area contributed by atoms with Crippen molar-refractivity contribution in [2.75, 3.05) is 31.5 Å². The molecule has 0 saturated carbocycles. The van der Waals surface area contributed by atoms with E-state index < -0.39 is 0 Å². The standard InChI is InChI=1S/C24H27ClN4O2/c25-21-7-3-19(4-8-21)16-26-24(30)27-22-9-5-20(6-10-22)17-28-11-13-29(14-12-28)18-23-2-1-15-31-23/h1-10,15H,11-14,16-18H2,(H2,26,27,30). The summed E-state index contributed by atoms with van der Waals surface area (Å²) >= 11 is 5.88. The predicted molar refractivity (Wildman–Crippen MR) is 123 cm³/mol. The van der Waals surface area contributed by atoms with Crippen LogP contribution in [-0.2, 0) is 19.6 Å². The second-order valence-corrected chi connectivity index (χ2v) is 8.20. The maximum absolute atomic E-state index is 12.1. The molecule has 0 atom stereocenters. The van der Waals surface area contributed by atoms with Gasteiger partial charge in [0, 0.05) is 50.0 Å². The van der Waals surface area contributed by atoms with Gasteiger partial charge in [0.25, 0.3) is 0 Å². The van der Waals surface area contributed by atoms with Crippen molar-refractivity contribution < 1.29 is 9.21 Å². The van der Waals surface area contributed by atoms with Crippen molar-refractivity contribution >= 4 is 23.3 Å². The molecule has 2 aromatic carbocycles. The molecule has 1 aliphatic rings. The normalized spacial score (nSPS) is 15.0. The van der Waals surface area contributed by atoms with Gasteiger partial charge in [-0.2, -0.15) is 0 Å². The summed E-state index contributed by atoms with van der Waals surface area (Å²) in [6.07, 6.45) is 1.73. The molecule has 0 aliphatic carbocycles. The van der Waals surface area contributed by atoms with Crippen molar-refractivity contribution in [1.82, 2.24) is 15.1 Å². The number of urea groups is 1. The Morgan fingerprint density at radius 3 is 2.16 bits per heavy atom. The molecular weight excluding hydrogens is 412 g/mol. The largest absolute Gasteiger partial charge is 0.468 e. The van der Waals surface area contributed by atoms with E-state index in [1.54, 1.807) is 6.26 Å². The quantitative estimate of drug-likeness (QED) is 0.567.